The highest BCUT2D eigenvalue weighted by molar-refractivity contribution is 7.89. The van der Waals surface area contributed by atoms with Gasteiger partial charge in [-0.15, -0.1) is 0 Å². The van der Waals surface area contributed by atoms with Crippen LogP contribution in [0.4, 0.5) is 4.39 Å². The van der Waals surface area contributed by atoms with Crippen molar-refractivity contribution in [3.05, 3.63) is 64.4 Å². The zero-order valence-electron chi connectivity index (χ0n) is 10.7. The minimum Gasteiger partial charge on any atom is -0.207 e. The number of sulfonamides is 1. The molecule has 0 aliphatic heterocycles. The lowest BCUT2D eigenvalue weighted by atomic mass is 10.2. The summed E-state index contributed by atoms with van der Waals surface area (Å²) in [5, 5.41) is 9.28. The van der Waals surface area contributed by atoms with E-state index in [-0.39, 0.29) is 17.0 Å². The summed E-state index contributed by atoms with van der Waals surface area (Å²) in [6.45, 7) is 0.0682. The van der Waals surface area contributed by atoms with Gasteiger partial charge in [0.1, 0.15) is 11.9 Å². The molecule has 2 rings (SSSR count). The van der Waals surface area contributed by atoms with Crippen LogP contribution in [0.25, 0.3) is 0 Å². The van der Waals surface area contributed by atoms with Crippen LogP contribution in [-0.2, 0) is 16.6 Å². The quantitative estimate of drug-likeness (QED) is 0.940. The topological polar surface area (TPSA) is 70.0 Å². The van der Waals surface area contributed by atoms with Crippen molar-refractivity contribution in [1.29, 1.82) is 5.26 Å². The van der Waals surface area contributed by atoms with E-state index >= 15 is 0 Å². The van der Waals surface area contributed by atoms with Gasteiger partial charge in [0.15, 0.2) is 0 Å². The third-order valence-corrected chi connectivity index (χ3v) is 4.40. The van der Waals surface area contributed by atoms with E-state index in [2.05, 4.69) is 4.72 Å². The van der Waals surface area contributed by atoms with E-state index in [1.165, 1.54) is 0 Å². The van der Waals surface area contributed by atoms with Gasteiger partial charge in [0.25, 0.3) is 0 Å². The van der Waals surface area contributed by atoms with Crippen LogP contribution in [0.15, 0.2) is 47.4 Å². The molecule has 0 saturated carbocycles. The second-order valence-corrected chi connectivity index (χ2v) is 6.41. The summed E-state index contributed by atoms with van der Waals surface area (Å²) in [7, 11) is -3.82. The van der Waals surface area contributed by atoms with E-state index in [4.69, 9.17) is 16.9 Å². The van der Waals surface area contributed by atoms with Crippen LogP contribution in [0, 0.1) is 17.1 Å². The maximum atomic E-state index is 13.2. The molecule has 0 amide bonds. The number of benzene rings is 2. The van der Waals surface area contributed by atoms with Gasteiger partial charge in [-0.1, -0.05) is 23.7 Å². The van der Waals surface area contributed by atoms with Crippen molar-refractivity contribution >= 4 is 21.6 Å². The lowest BCUT2D eigenvalue weighted by Gasteiger charge is -2.07. The second-order valence-electron chi connectivity index (χ2n) is 4.20. The van der Waals surface area contributed by atoms with Crippen molar-refractivity contribution in [3.63, 3.8) is 0 Å². The molecule has 0 saturated heterocycles. The fourth-order valence-corrected chi connectivity index (χ4v) is 2.79. The van der Waals surface area contributed by atoms with E-state index < -0.39 is 15.8 Å². The highest BCUT2D eigenvalue weighted by atomic mass is 35.5. The largest absolute Gasteiger partial charge is 0.240 e. The van der Waals surface area contributed by atoms with Gasteiger partial charge < -0.3 is 0 Å². The van der Waals surface area contributed by atoms with Gasteiger partial charge in [0.2, 0.25) is 10.0 Å². The molecular weight excluding hydrogens is 315 g/mol. The van der Waals surface area contributed by atoms with Gasteiger partial charge in [-0.05, 0) is 35.9 Å². The molecule has 0 spiro atoms. The summed E-state index contributed by atoms with van der Waals surface area (Å²) in [4.78, 5) is -0.158. The lowest BCUT2D eigenvalue weighted by molar-refractivity contribution is 0.580. The van der Waals surface area contributed by atoms with Crippen molar-refractivity contribution in [3.8, 4) is 6.07 Å². The molecule has 108 valence electrons. The van der Waals surface area contributed by atoms with Crippen LogP contribution in [-0.4, -0.2) is 8.42 Å². The maximum Gasteiger partial charge on any atom is 0.240 e. The predicted octanol–water partition coefficient (Wildman–Crippen LogP) is 2.83. The van der Waals surface area contributed by atoms with Crippen LogP contribution in [0.3, 0.4) is 0 Å². The second kappa shape index (κ2) is 6.22. The molecule has 4 nitrogen and oxygen atoms in total. The van der Waals surface area contributed by atoms with E-state index in [1.54, 1.807) is 30.3 Å². The normalized spacial score (nSPS) is 11.1. The Morgan fingerprint density at radius 1 is 1.19 bits per heavy atom. The highest BCUT2D eigenvalue weighted by Crippen LogP contribution is 2.15. The fraction of sp³-hybridized carbons (Fsp3) is 0.0714. The fourth-order valence-electron chi connectivity index (χ4n) is 1.62. The molecule has 0 atom stereocenters. The van der Waals surface area contributed by atoms with Gasteiger partial charge in [-0.3, -0.25) is 0 Å². The molecule has 0 aliphatic carbocycles. The molecular formula is C14H10ClFN2O2S. The summed E-state index contributed by atoms with van der Waals surface area (Å²) in [5.41, 5.74) is 0.412. The Labute approximate surface area is 126 Å². The molecule has 0 unspecified atom stereocenters. The first-order valence-corrected chi connectivity index (χ1v) is 7.72. The molecule has 2 aromatic rings. The van der Waals surface area contributed by atoms with Crippen molar-refractivity contribution in [2.45, 2.75) is 11.4 Å². The Hall–Kier alpha value is -1.94. The minimum atomic E-state index is -3.82. The van der Waals surface area contributed by atoms with Gasteiger partial charge in [-0.25, -0.2) is 17.5 Å². The Bertz CT molecular complexity index is 799. The molecule has 2 aromatic carbocycles. The number of nitrogens with one attached hydrogen (secondary N) is 1. The van der Waals surface area contributed by atoms with Crippen LogP contribution in [0.2, 0.25) is 5.02 Å². The van der Waals surface area contributed by atoms with Crippen LogP contribution in [0.1, 0.15) is 11.1 Å². The number of hydrogen-bond donors (Lipinski definition) is 1. The predicted molar refractivity (Wildman–Crippen MR) is 76.6 cm³/mol. The third kappa shape index (κ3) is 3.79. The van der Waals surface area contributed by atoms with Crippen molar-refractivity contribution in [2.75, 3.05) is 0 Å². The van der Waals surface area contributed by atoms with Crippen molar-refractivity contribution in [2.24, 2.45) is 0 Å². The van der Waals surface area contributed by atoms with Crippen LogP contribution >= 0.6 is 11.6 Å². The first-order valence-electron chi connectivity index (χ1n) is 5.86. The minimum absolute atomic E-state index is 0.0682. The summed E-state index contributed by atoms with van der Waals surface area (Å²) in [6, 6.07) is 11.4. The highest BCUT2D eigenvalue weighted by Gasteiger charge is 2.16. The number of nitriles is 1. The molecule has 0 fully saturated rings. The molecule has 1 N–H and O–H groups in total. The molecule has 0 aliphatic rings. The third-order valence-electron chi connectivity index (χ3n) is 2.75. The van der Waals surface area contributed by atoms with Crippen LogP contribution < -0.4 is 4.72 Å². The average molecular weight is 325 g/mol. The summed E-state index contributed by atoms with van der Waals surface area (Å²) < 4.78 is 39.7. The zero-order chi connectivity index (χ0) is 15.5. The zero-order valence-corrected chi connectivity index (χ0v) is 12.2. The Morgan fingerprint density at radius 2 is 1.86 bits per heavy atom. The first kappa shape index (κ1) is 15.4. The monoisotopic (exact) mass is 324 g/mol. The molecule has 7 heteroatoms. The van der Waals surface area contributed by atoms with Gasteiger partial charge in [0.05, 0.1) is 10.5 Å². The smallest absolute Gasteiger partial charge is 0.207 e. The van der Waals surface area contributed by atoms with Gasteiger partial charge in [0, 0.05) is 11.6 Å². The molecule has 21 heavy (non-hydrogen) atoms. The standard InChI is InChI=1S/C14H10ClFN2O2S/c15-12-3-1-10(2-4-12)9-18-21(19,20)13-5-6-14(16)11(7-13)8-17/h1-7,18H,9H2. The number of nitrogens with zero attached hydrogens (tertiary/aromatic N) is 1. The molecule has 0 bridgehead atoms. The van der Waals surface area contributed by atoms with E-state index in [0.717, 1.165) is 23.8 Å². The molecule has 0 radical (unpaired) electrons. The maximum absolute atomic E-state index is 13.2. The number of rotatable bonds is 4. The number of hydrogen-bond acceptors (Lipinski definition) is 3. The lowest BCUT2D eigenvalue weighted by Crippen LogP contribution is -2.23. The summed E-state index contributed by atoms with van der Waals surface area (Å²) in [5.74, 6) is -0.755. The average Bonchev–Trinajstić information content (AvgIpc) is 2.47. The van der Waals surface area contributed by atoms with E-state index in [0.29, 0.717) is 5.02 Å². The summed E-state index contributed by atoms with van der Waals surface area (Å²) >= 11 is 5.74. The SMILES string of the molecule is N#Cc1cc(S(=O)(=O)NCc2ccc(Cl)cc2)ccc1F. The Balaban J connectivity index is 2.19. The Kier molecular flexibility index (Phi) is 4.58. The van der Waals surface area contributed by atoms with E-state index in [1.807, 2.05) is 0 Å². The first-order chi connectivity index (χ1) is 9.92. The molecule has 0 aromatic heterocycles. The Morgan fingerprint density at radius 3 is 2.48 bits per heavy atom. The van der Waals surface area contributed by atoms with Crippen molar-refractivity contribution in [1.82, 2.24) is 4.72 Å². The molecule has 0 heterocycles. The van der Waals surface area contributed by atoms with Gasteiger partial charge in [-0.2, -0.15) is 5.26 Å². The van der Waals surface area contributed by atoms with Crippen molar-refractivity contribution < 1.29 is 12.8 Å². The summed E-state index contributed by atoms with van der Waals surface area (Å²) in [6.07, 6.45) is 0. The number of halogens is 2. The van der Waals surface area contributed by atoms with Gasteiger partial charge >= 0.3 is 0 Å². The van der Waals surface area contributed by atoms with Crippen LogP contribution in [0.5, 0.6) is 0 Å². The van der Waals surface area contributed by atoms with E-state index in [9.17, 15) is 12.8 Å².